The van der Waals surface area contributed by atoms with Crippen LogP contribution >= 0.6 is 0 Å². The van der Waals surface area contributed by atoms with Crippen molar-refractivity contribution >= 4 is 16.9 Å². The predicted octanol–water partition coefficient (Wildman–Crippen LogP) is 2.54. The minimum Gasteiger partial charge on any atom is -0.444 e. The molecule has 1 saturated heterocycles. The lowest BCUT2D eigenvalue weighted by Gasteiger charge is -2.33. The first kappa shape index (κ1) is 15.5. The van der Waals surface area contributed by atoms with Gasteiger partial charge in [-0.25, -0.2) is 4.79 Å². The number of carbonyl (C=O) groups is 1. The molecule has 0 radical (unpaired) electrons. The second kappa shape index (κ2) is 6.04. The van der Waals surface area contributed by atoms with Crippen molar-refractivity contribution in [3.8, 4) is 0 Å². The number of rotatable bonds is 2. The first-order valence-corrected chi connectivity index (χ1v) is 7.85. The zero-order chi connectivity index (χ0) is 13.9. The van der Waals surface area contributed by atoms with Gasteiger partial charge in [-0.05, 0) is 33.6 Å². The summed E-state index contributed by atoms with van der Waals surface area (Å²) >= 11 is 0. The van der Waals surface area contributed by atoms with Gasteiger partial charge < -0.3 is 9.64 Å². The largest absolute Gasteiger partial charge is 0.444 e. The summed E-state index contributed by atoms with van der Waals surface area (Å²) in [6.45, 7) is 10.9. The molecule has 1 aliphatic rings. The SMILES string of the molecule is CC(C)S(=O)C1CCN(C(=O)OC(C)(C)C)CC1. The smallest absolute Gasteiger partial charge is 0.410 e. The van der Waals surface area contributed by atoms with Crippen molar-refractivity contribution in [1.82, 2.24) is 4.90 Å². The molecule has 1 heterocycles. The Morgan fingerprint density at radius 2 is 1.78 bits per heavy atom. The summed E-state index contributed by atoms with van der Waals surface area (Å²) in [6.07, 6.45) is 1.37. The molecule has 0 aromatic carbocycles. The van der Waals surface area contributed by atoms with E-state index in [1.54, 1.807) is 4.90 Å². The summed E-state index contributed by atoms with van der Waals surface area (Å²) in [5, 5.41) is 0.423. The number of nitrogens with zero attached hydrogens (tertiary/aromatic N) is 1. The van der Waals surface area contributed by atoms with Crippen molar-refractivity contribution in [2.45, 2.75) is 63.6 Å². The van der Waals surface area contributed by atoms with Crippen LogP contribution in [0, 0.1) is 0 Å². The lowest BCUT2D eigenvalue weighted by Crippen LogP contribution is -2.44. The van der Waals surface area contributed by atoms with Crippen LogP contribution in [-0.4, -0.2) is 44.4 Å². The molecule has 0 N–H and O–H groups in total. The molecule has 0 aliphatic carbocycles. The van der Waals surface area contributed by atoms with Crippen LogP contribution in [0.4, 0.5) is 4.79 Å². The lowest BCUT2D eigenvalue weighted by molar-refractivity contribution is 0.0218. The summed E-state index contributed by atoms with van der Waals surface area (Å²) < 4.78 is 17.3. The molecule has 5 heteroatoms. The Balaban J connectivity index is 2.44. The monoisotopic (exact) mass is 275 g/mol. The van der Waals surface area contributed by atoms with Gasteiger partial charge in [0.1, 0.15) is 5.60 Å². The van der Waals surface area contributed by atoms with E-state index in [0.717, 1.165) is 12.8 Å². The molecule has 1 amide bonds. The fraction of sp³-hybridized carbons (Fsp3) is 0.923. The van der Waals surface area contributed by atoms with Crippen LogP contribution in [0.25, 0.3) is 0 Å². The van der Waals surface area contributed by atoms with Crippen LogP contribution in [0.15, 0.2) is 0 Å². The minimum absolute atomic E-state index is 0.197. The van der Waals surface area contributed by atoms with Gasteiger partial charge in [-0.1, -0.05) is 13.8 Å². The highest BCUT2D eigenvalue weighted by molar-refractivity contribution is 7.86. The molecule has 0 aromatic rings. The van der Waals surface area contributed by atoms with Crippen molar-refractivity contribution in [2.24, 2.45) is 0 Å². The third-order valence-electron chi connectivity index (χ3n) is 2.89. The minimum atomic E-state index is -0.784. The van der Waals surface area contributed by atoms with E-state index < -0.39 is 16.4 Å². The van der Waals surface area contributed by atoms with Gasteiger partial charge in [-0.15, -0.1) is 0 Å². The van der Waals surface area contributed by atoms with Gasteiger partial charge in [0.2, 0.25) is 0 Å². The molecule has 1 atom stereocenters. The molecular weight excluding hydrogens is 250 g/mol. The first-order chi connectivity index (χ1) is 8.20. The number of carbonyl (C=O) groups excluding carboxylic acids is 1. The molecule has 0 spiro atoms. The van der Waals surface area contributed by atoms with Crippen LogP contribution in [0.2, 0.25) is 0 Å². The second-order valence-electron chi connectivity index (χ2n) is 6.04. The normalized spacial score (nSPS) is 20.0. The Kier molecular flexibility index (Phi) is 5.20. The standard InChI is InChI=1S/C13H25NO3S/c1-10(2)18(16)11-6-8-14(9-7-11)12(15)17-13(3,4)5/h10-11H,6-9H2,1-5H3. The quantitative estimate of drug-likeness (QED) is 0.778. The van der Waals surface area contributed by atoms with Gasteiger partial charge in [0.15, 0.2) is 0 Å². The number of hydrogen-bond donors (Lipinski definition) is 0. The molecule has 0 aromatic heterocycles. The van der Waals surface area contributed by atoms with E-state index in [1.165, 1.54) is 0 Å². The zero-order valence-electron chi connectivity index (χ0n) is 12.1. The van der Waals surface area contributed by atoms with E-state index in [9.17, 15) is 9.00 Å². The highest BCUT2D eigenvalue weighted by atomic mass is 32.2. The Labute approximate surface area is 113 Å². The Morgan fingerprint density at radius 1 is 1.28 bits per heavy atom. The molecule has 0 bridgehead atoms. The van der Waals surface area contributed by atoms with Crippen molar-refractivity contribution < 1.29 is 13.7 Å². The van der Waals surface area contributed by atoms with Gasteiger partial charge in [-0.3, -0.25) is 4.21 Å². The molecule has 1 fully saturated rings. The highest BCUT2D eigenvalue weighted by Gasteiger charge is 2.29. The molecule has 106 valence electrons. The number of amides is 1. The van der Waals surface area contributed by atoms with Gasteiger partial charge in [0, 0.05) is 34.4 Å². The van der Waals surface area contributed by atoms with E-state index in [2.05, 4.69) is 0 Å². The maximum Gasteiger partial charge on any atom is 0.410 e. The number of ether oxygens (including phenoxy) is 1. The van der Waals surface area contributed by atoms with Gasteiger partial charge in [0.05, 0.1) is 0 Å². The Morgan fingerprint density at radius 3 is 2.17 bits per heavy atom. The van der Waals surface area contributed by atoms with Crippen LogP contribution in [0.1, 0.15) is 47.5 Å². The number of likely N-dealkylation sites (tertiary alicyclic amines) is 1. The van der Waals surface area contributed by atoms with Gasteiger partial charge in [0.25, 0.3) is 0 Å². The third-order valence-corrected chi connectivity index (χ3v) is 4.94. The lowest BCUT2D eigenvalue weighted by atomic mass is 10.1. The molecule has 18 heavy (non-hydrogen) atoms. The van der Waals surface area contributed by atoms with Crippen molar-refractivity contribution in [2.75, 3.05) is 13.1 Å². The number of hydrogen-bond acceptors (Lipinski definition) is 3. The van der Waals surface area contributed by atoms with Gasteiger partial charge in [-0.2, -0.15) is 0 Å². The van der Waals surface area contributed by atoms with E-state index in [1.807, 2.05) is 34.6 Å². The van der Waals surface area contributed by atoms with Crippen LogP contribution < -0.4 is 0 Å². The van der Waals surface area contributed by atoms with Crippen LogP contribution in [-0.2, 0) is 15.5 Å². The second-order valence-corrected chi connectivity index (χ2v) is 8.31. The van der Waals surface area contributed by atoms with E-state index >= 15 is 0 Å². The van der Waals surface area contributed by atoms with Gasteiger partial charge >= 0.3 is 6.09 Å². The summed E-state index contributed by atoms with van der Waals surface area (Å²) in [4.78, 5) is 13.6. The maximum absolute atomic E-state index is 12.0. The summed E-state index contributed by atoms with van der Waals surface area (Å²) in [6, 6.07) is 0. The molecule has 1 rings (SSSR count). The summed E-state index contributed by atoms with van der Waals surface area (Å²) in [5.74, 6) is 0. The topological polar surface area (TPSA) is 46.6 Å². The predicted molar refractivity (Wildman–Crippen MR) is 74.1 cm³/mol. The molecule has 0 saturated carbocycles. The first-order valence-electron chi connectivity index (χ1n) is 6.58. The molecular formula is C13H25NO3S. The summed E-state index contributed by atoms with van der Waals surface area (Å²) in [7, 11) is -0.784. The molecule has 1 unspecified atom stereocenters. The Hall–Kier alpha value is -0.580. The fourth-order valence-corrected chi connectivity index (χ4v) is 3.43. The van der Waals surface area contributed by atoms with Crippen LogP contribution in [0.3, 0.4) is 0 Å². The average Bonchev–Trinajstić information content (AvgIpc) is 2.26. The molecule has 4 nitrogen and oxygen atoms in total. The van der Waals surface area contributed by atoms with E-state index in [0.29, 0.717) is 13.1 Å². The van der Waals surface area contributed by atoms with Crippen molar-refractivity contribution in [3.05, 3.63) is 0 Å². The fourth-order valence-electron chi connectivity index (χ4n) is 1.98. The Bertz CT molecular complexity index is 315. The third kappa shape index (κ3) is 4.59. The van der Waals surface area contributed by atoms with Crippen molar-refractivity contribution in [1.29, 1.82) is 0 Å². The summed E-state index contributed by atoms with van der Waals surface area (Å²) in [5.41, 5.74) is -0.450. The van der Waals surface area contributed by atoms with Crippen LogP contribution in [0.5, 0.6) is 0 Å². The van der Waals surface area contributed by atoms with E-state index in [-0.39, 0.29) is 16.6 Å². The highest BCUT2D eigenvalue weighted by Crippen LogP contribution is 2.20. The van der Waals surface area contributed by atoms with Crippen molar-refractivity contribution in [3.63, 3.8) is 0 Å². The maximum atomic E-state index is 12.0. The zero-order valence-corrected chi connectivity index (χ0v) is 12.9. The molecule has 1 aliphatic heterocycles. The van der Waals surface area contributed by atoms with E-state index in [4.69, 9.17) is 4.74 Å². The number of piperidine rings is 1. The average molecular weight is 275 g/mol.